The summed E-state index contributed by atoms with van der Waals surface area (Å²) in [5.41, 5.74) is 3.54. The van der Waals surface area contributed by atoms with Crippen LogP contribution in [-0.2, 0) is 0 Å². The van der Waals surface area contributed by atoms with Crippen molar-refractivity contribution in [3.63, 3.8) is 0 Å². The summed E-state index contributed by atoms with van der Waals surface area (Å²) >= 11 is 1.71. The van der Waals surface area contributed by atoms with Crippen LogP contribution in [0.4, 0.5) is 0 Å². The summed E-state index contributed by atoms with van der Waals surface area (Å²) in [5, 5.41) is 10.1. The van der Waals surface area contributed by atoms with Crippen LogP contribution in [-0.4, -0.2) is 10.9 Å². The van der Waals surface area contributed by atoms with Gasteiger partial charge in [-0.2, -0.15) is 0 Å². The van der Waals surface area contributed by atoms with E-state index in [-0.39, 0.29) is 0 Å². The molecular weight excluding hydrogens is 240 g/mol. The molecule has 2 aromatic rings. The topological polar surface area (TPSA) is 20.2 Å². The Hall–Kier alpha value is -1.25. The molecule has 0 heterocycles. The van der Waals surface area contributed by atoms with E-state index >= 15 is 0 Å². The second-order valence-corrected chi connectivity index (χ2v) is 5.57. The third-order valence-corrected chi connectivity index (χ3v) is 4.16. The van der Waals surface area contributed by atoms with Crippen LogP contribution in [0.2, 0.25) is 0 Å². The second kappa shape index (κ2) is 6.07. The Balaban J connectivity index is 1.99. The van der Waals surface area contributed by atoms with Gasteiger partial charge in [0.25, 0.3) is 0 Å². The van der Waals surface area contributed by atoms with Crippen molar-refractivity contribution in [3.8, 4) is 0 Å². The molecule has 18 heavy (non-hydrogen) atoms. The van der Waals surface area contributed by atoms with Crippen molar-refractivity contribution < 1.29 is 5.11 Å². The van der Waals surface area contributed by atoms with Gasteiger partial charge in [-0.25, -0.2) is 0 Å². The predicted octanol–water partition coefficient (Wildman–Crippen LogP) is 4.13. The lowest BCUT2D eigenvalue weighted by atomic mass is 10.1. The van der Waals surface area contributed by atoms with Gasteiger partial charge >= 0.3 is 0 Å². The monoisotopic (exact) mass is 258 g/mol. The van der Waals surface area contributed by atoms with E-state index in [4.69, 9.17) is 0 Å². The second-order valence-electron chi connectivity index (χ2n) is 4.51. The number of rotatable bonds is 4. The molecule has 0 spiro atoms. The Kier molecular flexibility index (Phi) is 4.45. The zero-order chi connectivity index (χ0) is 13.0. The standard InChI is InChI=1S/C16H18OS/c1-12-8-9-16(13(2)10-12)18-11-15(17)14-6-4-3-5-7-14/h3-10,15,17H,11H2,1-2H3/t15-/m0/s1. The van der Waals surface area contributed by atoms with Crippen LogP contribution in [0.25, 0.3) is 0 Å². The van der Waals surface area contributed by atoms with E-state index in [9.17, 15) is 5.11 Å². The van der Waals surface area contributed by atoms with Crippen LogP contribution in [0.3, 0.4) is 0 Å². The molecule has 94 valence electrons. The third-order valence-electron chi connectivity index (χ3n) is 2.91. The fraction of sp³-hybridized carbons (Fsp3) is 0.250. The molecule has 2 heteroatoms. The van der Waals surface area contributed by atoms with Gasteiger partial charge in [-0.05, 0) is 31.0 Å². The molecule has 0 bridgehead atoms. The van der Waals surface area contributed by atoms with Crippen molar-refractivity contribution in [2.24, 2.45) is 0 Å². The molecule has 1 atom stereocenters. The summed E-state index contributed by atoms with van der Waals surface area (Å²) in [6, 6.07) is 16.2. The SMILES string of the molecule is Cc1ccc(SC[C@H](O)c2ccccc2)c(C)c1. The van der Waals surface area contributed by atoms with Crippen molar-refractivity contribution in [2.75, 3.05) is 5.75 Å². The summed E-state index contributed by atoms with van der Waals surface area (Å²) in [4.78, 5) is 1.25. The number of aliphatic hydroxyl groups is 1. The van der Waals surface area contributed by atoms with Crippen LogP contribution >= 0.6 is 11.8 Å². The number of hydrogen-bond acceptors (Lipinski definition) is 2. The highest BCUT2D eigenvalue weighted by Crippen LogP contribution is 2.27. The molecule has 0 saturated carbocycles. The lowest BCUT2D eigenvalue weighted by Gasteiger charge is -2.12. The Labute approximate surface area is 113 Å². The number of aliphatic hydroxyl groups excluding tert-OH is 1. The highest BCUT2D eigenvalue weighted by molar-refractivity contribution is 7.99. The van der Waals surface area contributed by atoms with E-state index in [1.807, 2.05) is 30.3 Å². The van der Waals surface area contributed by atoms with Gasteiger partial charge in [0.1, 0.15) is 0 Å². The van der Waals surface area contributed by atoms with Crippen molar-refractivity contribution in [1.82, 2.24) is 0 Å². The molecule has 1 nitrogen and oxygen atoms in total. The lowest BCUT2D eigenvalue weighted by Crippen LogP contribution is -2.00. The molecule has 0 aliphatic rings. The first-order valence-electron chi connectivity index (χ1n) is 6.10. The molecule has 1 N–H and O–H groups in total. The summed E-state index contributed by atoms with van der Waals surface area (Å²) in [5.74, 6) is 0.688. The Morgan fingerprint density at radius 2 is 1.78 bits per heavy atom. The van der Waals surface area contributed by atoms with Gasteiger partial charge < -0.3 is 5.11 Å². The summed E-state index contributed by atoms with van der Waals surface area (Å²) in [7, 11) is 0. The number of hydrogen-bond donors (Lipinski definition) is 1. The maximum absolute atomic E-state index is 10.1. The largest absolute Gasteiger partial charge is 0.388 e. The molecule has 0 fully saturated rings. The summed E-state index contributed by atoms with van der Waals surface area (Å²) in [6.07, 6.45) is -0.406. The van der Waals surface area contributed by atoms with Crippen LogP contribution in [0, 0.1) is 13.8 Å². The van der Waals surface area contributed by atoms with Crippen molar-refractivity contribution in [2.45, 2.75) is 24.8 Å². The first kappa shape index (κ1) is 13.2. The summed E-state index contributed by atoms with van der Waals surface area (Å²) < 4.78 is 0. The molecular formula is C16H18OS. The molecule has 0 aliphatic heterocycles. The maximum Gasteiger partial charge on any atom is 0.0883 e. The lowest BCUT2D eigenvalue weighted by molar-refractivity contribution is 0.204. The Bertz CT molecular complexity index is 508. The third kappa shape index (κ3) is 3.37. The zero-order valence-electron chi connectivity index (χ0n) is 10.8. The van der Waals surface area contributed by atoms with Gasteiger partial charge in [-0.3, -0.25) is 0 Å². The minimum absolute atomic E-state index is 0.406. The number of benzene rings is 2. The van der Waals surface area contributed by atoms with Crippen LogP contribution < -0.4 is 0 Å². The van der Waals surface area contributed by atoms with Crippen LogP contribution in [0.5, 0.6) is 0 Å². The fourth-order valence-corrected chi connectivity index (χ4v) is 2.88. The molecule has 2 aromatic carbocycles. The first-order chi connectivity index (χ1) is 8.66. The average molecular weight is 258 g/mol. The first-order valence-corrected chi connectivity index (χ1v) is 7.08. The maximum atomic E-state index is 10.1. The molecule has 0 aliphatic carbocycles. The molecule has 0 radical (unpaired) electrons. The Morgan fingerprint density at radius 3 is 2.44 bits per heavy atom. The van der Waals surface area contributed by atoms with Gasteiger partial charge in [0, 0.05) is 10.6 Å². The zero-order valence-corrected chi connectivity index (χ0v) is 11.6. The van der Waals surface area contributed by atoms with E-state index in [2.05, 4.69) is 32.0 Å². The molecule has 0 unspecified atom stereocenters. The fourth-order valence-electron chi connectivity index (χ4n) is 1.90. The molecule has 0 saturated heterocycles. The van der Waals surface area contributed by atoms with Gasteiger partial charge in [0.05, 0.1) is 6.10 Å². The van der Waals surface area contributed by atoms with Crippen molar-refractivity contribution in [3.05, 3.63) is 65.2 Å². The van der Waals surface area contributed by atoms with Crippen molar-refractivity contribution >= 4 is 11.8 Å². The van der Waals surface area contributed by atoms with Gasteiger partial charge in [0.15, 0.2) is 0 Å². The quantitative estimate of drug-likeness (QED) is 0.832. The van der Waals surface area contributed by atoms with Gasteiger partial charge in [-0.1, -0.05) is 48.0 Å². The highest BCUT2D eigenvalue weighted by Gasteiger charge is 2.08. The number of aryl methyl sites for hydroxylation is 2. The molecule has 2 rings (SSSR count). The van der Waals surface area contributed by atoms with E-state index in [1.165, 1.54) is 16.0 Å². The van der Waals surface area contributed by atoms with E-state index in [0.29, 0.717) is 5.75 Å². The normalized spacial score (nSPS) is 12.4. The van der Waals surface area contributed by atoms with E-state index < -0.39 is 6.10 Å². The van der Waals surface area contributed by atoms with Crippen LogP contribution in [0.1, 0.15) is 22.8 Å². The minimum atomic E-state index is -0.406. The Morgan fingerprint density at radius 1 is 1.06 bits per heavy atom. The minimum Gasteiger partial charge on any atom is -0.388 e. The molecule has 0 amide bonds. The highest BCUT2D eigenvalue weighted by atomic mass is 32.2. The van der Waals surface area contributed by atoms with Crippen LogP contribution in [0.15, 0.2) is 53.4 Å². The van der Waals surface area contributed by atoms with Gasteiger partial charge in [-0.15, -0.1) is 11.8 Å². The average Bonchev–Trinajstić information content (AvgIpc) is 2.38. The van der Waals surface area contributed by atoms with E-state index in [1.54, 1.807) is 11.8 Å². The smallest absolute Gasteiger partial charge is 0.0883 e. The van der Waals surface area contributed by atoms with Crippen molar-refractivity contribution in [1.29, 1.82) is 0 Å². The van der Waals surface area contributed by atoms with E-state index in [0.717, 1.165) is 5.56 Å². The predicted molar refractivity (Wildman–Crippen MR) is 78.0 cm³/mol. The number of thioether (sulfide) groups is 1. The van der Waals surface area contributed by atoms with Gasteiger partial charge in [0.2, 0.25) is 0 Å². The molecule has 0 aromatic heterocycles. The summed E-state index contributed by atoms with van der Waals surface area (Å²) in [6.45, 7) is 4.21.